The first kappa shape index (κ1) is 48.4. The molecular weight excluding hydrogens is 644 g/mol. The molecule has 8 nitrogen and oxygen atoms in total. The largest absolute Gasteiger partial charge is 0.481 e. The predicted molar refractivity (Wildman–Crippen MR) is 208 cm³/mol. The highest BCUT2D eigenvalue weighted by atomic mass is 16.6. The lowest BCUT2D eigenvalue weighted by Gasteiger charge is -2.18. The number of carboxylic acids is 1. The van der Waals surface area contributed by atoms with E-state index < -0.39 is 24.0 Å². The average molecular weight is 721 g/mol. The first-order valence-corrected chi connectivity index (χ1v) is 20.9. The first-order chi connectivity index (χ1) is 24.9. The number of carbonyl (C=O) groups is 4. The summed E-state index contributed by atoms with van der Waals surface area (Å²) >= 11 is 0. The molecule has 1 atom stereocenters. The van der Waals surface area contributed by atoms with Gasteiger partial charge >= 0.3 is 23.9 Å². The van der Waals surface area contributed by atoms with Crippen molar-refractivity contribution in [1.82, 2.24) is 0 Å². The van der Waals surface area contributed by atoms with Gasteiger partial charge in [0.1, 0.15) is 13.2 Å². The predicted octanol–water partition coefficient (Wildman–Crippen LogP) is 11.9. The topological polar surface area (TPSA) is 116 Å². The van der Waals surface area contributed by atoms with Crippen molar-refractivity contribution in [3.8, 4) is 0 Å². The molecule has 0 amide bonds. The summed E-state index contributed by atoms with van der Waals surface area (Å²) in [5.74, 6) is -2.59. The van der Waals surface area contributed by atoms with Gasteiger partial charge in [0.25, 0.3) is 0 Å². The van der Waals surface area contributed by atoms with Crippen molar-refractivity contribution in [2.75, 3.05) is 13.2 Å². The Morgan fingerprint density at radius 1 is 0.431 bits per heavy atom. The second-order valence-electron chi connectivity index (χ2n) is 14.0. The van der Waals surface area contributed by atoms with Crippen LogP contribution in [0.2, 0.25) is 0 Å². The molecule has 0 aliphatic rings. The average Bonchev–Trinajstić information content (AvgIpc) is 3.11. The number of rotatable bonds is 38. The number of unbranched alkanes of at least 4 members (excludes halogenated alkanes) is 22. The van der Waals surface area contributed by atoms with Crippen LogP contribution in [0, 0.1) is 0 Å². The summed E-state index contributed by atoms with van der Waals surface area (Å²) in [5.41, 5.74) is 0. The van der Waals surface area contributed by atoms with E-state index in [4.69, 9.17) is 19.3 Å². The third-order valence-electron chi connectivity index (χ3n) is 8.99. The Bertz CT molecular complexity index is 896. The number of carbonyl (C=O) groups excluding carboxylic acids is 3. The standard InChI is InChI=1S/C43H76O8/c1-3-5-7-9-11-13-15-17-19-21-23-25-27-29-31-33-41(46)49-37-39(38-50-42(47)36-35-40(44)45)51-43(48)34-32-30-28-26-24-22-20-18-16-14-12-10-8-6-4-2/h17-20,39H,3-16,21-38H2,1-2H3,(H,44,45)/b19-17+,20-18+. The molecule has 0 aliphatic carbocycles. The van der Waals surface area contributed by atoms with Gasteiger partial charge in [0.2, 0.25) is 0 Å². The Kier molecular flexibility index (Phi) is 36.6. The van der Waals surface area contributed by atoms with Crippen LogP contribution in [-0.2, 0) is 33.4 Å². The van der Waals surface area contributed by atoms with Crippen LogP contribution in [0.4, 0.5) is 0 Å². The molecule has 0 heterocycles. The molecule has 296 valence electrons. The van der Waals surface area contributed by atoms with E-state index in [1.54, 1.807) is 0 Å². The summed E-state index contributed by atoms with van der Waals surface area (Å²) in [6.45, 7) is 4.01. The van der Waals surface area contributed by atoms with Crippen LogP contribution in [-0.4, -0.2) is 48.3 Å². The quantitative estimate of drug-likeness (QED) is 0.0290. The molecule has 1 unspecified atom stereocenters. The summed E-state index contributed by atoms with van der Waals surface area (Å²) in [7, 11) is 0. The van der Waals surface area contributed by atoms with Crippen LogP contribution in [0.1, 0.15) is 206 Å². The Balaban J connectivity index is 4.16. The number of aliphatic carboxylic acids is 1. The molecule has 0 saturated carbocycles. The number of hydrogen-bond acceptors (Lipinski definition) is 7. The third-order valence-corrected chi connectivity index (χ3v) is 8.99. The molecule has 1 N–H and O–H groups in total. The fourth-order valence-corrected chi connectivity index (χ4v) is 5.77. The zero-order valence-corrected chi connectivity index (χ0v) is 32.8. The van der Waals surface area contributed by atoms with Gasteiger partial charge in [0.15, 0.2) is 6.10 Å². The Hall–Kier alpha value is -2.64. The van der Waals surface area contributed by atoms with Crippen molar-refractivity contribution >= 4 is 23.9 Å². The molecular formula is C43H76O8. The van der Waals surface area contributed by atoms with Gasteiger partial charge < -0.3 is 19.3 Å². The van der Waals surface area contributed by atoms with E-state index in [1.807, 2.05) is 0 Å². The summed E-state index contributed by atoms with van der Waals surface area (Å²) in [4.78, 5) is 47.6. The van der Waals surface area contributed by atoms with E-state index in [0.29, 0.717) is 6.42 Å². The van der Waals surface area contributed by atoms with Crippen LogP contribution < -0.4 is 0 Å². The fourth-order valence-electron chi connectivity index (χ4n) is 5.77. The molecule has 0 radical (unpaired) electrons. The van der Waals surface area contributed by atoms with Crippen LogP contribution in [0.3, 0.4) is 0 Å². The maximum Gasteiger partial charge on any atom is 0.306 e. The van der Waals surface area contributed by atoms with Gasteiger partial charge in [-0.3, -0.25) is 19.2 Å². The lowest BCUT2D eigenvalue weighted by Crippen LogP contribution is -2.31. The van der Waals surface area contributed by atoms with Crippen LogP contribution in [0.5, 0.6) is 0 Å². The van der Waals surface area contributed by atoms with Gasteiger partial charge in [-0.15, -0.1) is 0 Å². The summed E-state index contributed by atoms with van der Waals surface area (Å²) in [6, 6.07) is 0. The van der Waals surface area contributed by atoms with E-state index in [0.717, 1.165) is 70.6 Å². The molecule has 51 heavy (non-hydrogen) atoms. The zero-order valence-electron chi connectivity index (χ0n) is 32.8. The van der Waals surface area contributed by atoms with Crippen LogP contribution in [0.15, 0.2) is 24.3 Å². The molecule has 0 bridgehead atoms. The van der Waals surface area contributed by atoms with E-state index >= 15 is 0 Å². The Morgan fingerprint density at radius 3 is 1.16 bits per heavy atom. The molecule has 0 aromatic heterocycles. The fraction of sp³-hybridized carbons (Fsp3) is 0.814. The maximum absolute atomic E-state index is 12.5. The first-order valence-electron chi connectivity index (χ1n) is 20.9. The molecule has 0 aromatic rings. The van der Waals surface area contributed by atoms with Gasteiger partial charge in [0, 0.05) is 12.8 Å². The van der Waals surface area contributed by atoms with Crippen molar-refractivity contribution in [2.45, 2.75) is 213 Å². The van der Waals surface area contributed by atoms with Gasteiger partial charge in [0.05, 0.1) is 12.8 Å². The zero-order chi connectivity index (χ0) is 37.5. The molecule has 0 fully saturated rings. The smallest absolute Gasteiger partial charge is 0.306 e. The third kappa shape index (κ3) is 38.4. The second kappa shape index (κ2) is 38.6. The lowest BCUT2D eigenvalue weighted by molar-refractivity contribution is -0.167. The Labute approximate surface area is 311 Å². The number of hydrogen-bond donors (Lipinski definition) is 1. The van der Waals surface area contributed by atoms with E-state index in [2.05, 4.69) is 38.2 Å². The van der Waals surface area contributed by atoms with Crippen molar-refractivity contribution in [1.29, 1.82) is 0 Å². The minimum Gasteiger partial charge on any atom is -0.481 e. The molecule has 0 spiro atoms. The molecule has 8 heteroatoms. The highest BCUT2D eigenvalue weighted by molar-refractivity contribution is 5.76. The normalized spacial score (nSPS) is 12.0. The van der Waals surface area contributed by atoms with E-state index in [-0.39, 0.29) is 44.9 Å². The SMILES string of the molecule is CCCCCCCC/C=C/CCCCCCCC(=O)OCC(COC(=O)CCC(=O)O)OC(=O)CCCCCCC/C=C/CCCCCCCC. The van der Waals surface area contributed by atoms with Crippen molar-refractivity contribution in [3.63, 3.8) is 0 Å². The molecule has 0 aromatic carbocycles. The monoisotopic (exact) mass is 721 g/mol. The minimum absolute atomic E-state index is 0.200. The van der Waals surface area contributed by atoms with Gasteiger partial charge in [-0.05, 0) is 64.2 Å². The summed E-state index contributed by atoms with van der Waals surface area (Å²) in [6.07, 6.45) is 38.7. The van der Waals surface area contributed by atoms with Gasteiger partial charge in [-0.2, -0.15) is 0 Å². The van der Waals surface area contributed by atoms with Crippen molar-refractivity contribution in [3.05, 3.63) is 24.3 Å². The van der Waals surface area contributed by atoms with Gasteiger partial charge in [-0.25, -0.2) is 0 Å². The number of carboxylic acid groups (broad SMARTS) is 1. The molecule has 0 saturated heterocycles. The summed E-state index contributed by atoms with van der Waals surface area (Å²) in [5, 5.41) is 8.80. The highest BCUT2D eigenvalue weighted by Crippen LogP contribution is 2.13. The number of esters is 3. The van der Waals surface area contributed by atoms with Crippen molar-refractivity contribution in [2.24, 2.45) is 0 Å². The van der Waals surface area contributed by atoms with E-state index in [9.17, 15) is 19.2 Å². The molecule has 0 rings (SSSR count). The Morgan fingerprint density at radius 2 is 0.765 bits per heavy atom. The lowest BCUT2D eigenvalue weighted by atomic mass is 10.1. The highest BCUT2D eigenvalue weighted by Gasteiger charge is 2.20. The maximum atomic E-state index is 12.5. The minimum atomic E-state index is -1.10. The summed E-state index contributed by atoms with van der Waals surface area (Å²) < 4.78 is 16.0. The van der Waals surface area contributed by atoms with Crippen LogP contribution >= 0.6 is 0 Å². The second-order valence-corrected chi connectivity index (χ2v) is 14.0. The van der Waals surface area contributed by atoms with Crippen LogP contribution in [0.25, 0.3) is 0 Å². The number of allylic oxidation sites excluding steroid dienone is 4. The van der Waals surface area contributed by atoms with Gasteiger partial charge in [-0.1, -0.05) is 141 Å². The van der Waals surface area contributed by atoms with Crippen molar-refractivity contribution < 1.29 is 38.5 Å². The molecule has 0 aliphatic heterocycles. The van der Waals surface area contributed by atoms with E-state index in [1.165, 1.54) is 89.9 Å². The number of ether oxygens (including phenoxy) is 3.